The molecule has 1 aliphatic carbocycles. The van der Waals surface area contributed by atoms with Crippen molar-refractivity contribution in [2.45, 2.75) is 70.8 Å². The first-order valence-corrected chi connectivity index (χ1v) is 12.0. The predicted molar refractivity (Wildman–Crippen MR) is 132 cm³/mol. The Morgan fingerprint density at radius 1 is 1.20 bits per heavy atom. The molecule has 9 nitrogen and oxygen atoms in total. The SMILES string of the molecule is COc1cc(-c2nn(C(C)C)c(N)c2C(N)=O)ccc1CC(=O)Cc1cc(C2(C)CCCC2)on1. The van der Waals surface area contributed by atoms with Crippen LogP contribution < -0.4 is 16.2 Å². The van der Waals surface area contributed by atoms with Gasteiger partial charge in [0.15, 0.2) is 0 Å². The molecule has 4 rings (SSSR count). The number of carbonyl (C=O) groups is 2. The molecule has 9 heteroatoms. The highest BCUT2D eigenvalue weighted by Crippen LogP contribution is 2.40. The molecule has 1 amide bonds. The quantitative estimate of drug-likeness (QED) is 0.473. The first kappa shape index (κ1) is 24.5. The van der Waals surface area contributed by atoms with Crippen LogP contribution >= 0.6 is 0 Å². The topological polar surface area (TPSA) is 139 Å². The van der Waals surface area contributed by atoms with Gasteiger partial charge >= 0.3 is 0 Å². The number of nitrogens with two attached hydrogens (primary N) is 2. The van der Waals surface area contributed by atoms with Gasteiger partial charge in [-0.05, 0) is 32.8 Å². The van der Waals surface area contributed by atoms with Gasteiger partial charge in [-0.3, -0.25) is 9.59 Å². The number of carbonyl (C=O) groups excluding carboxylic acids is 2. The summed E-state index contributed by atoms with van der Waals surface area (Å²) >= 11 is 0. The van der Waals surface area contributed by atoms with Crippen LogP contribution in [-0.4, -0.2) is 33.7 Å². The van der Waals surface area contributed by atoms with Crippen LogP contribution in [0.3, 0.4) is 0 Å². The Labute approximate surface area is 204 Å². The molecule has 35 heavy (non-hydrogen) atoms. The molecule has 0 unspecified atom stereocenters. The Bertz CT molecular complexity index is 1250. The van der Waals surface area contributed by atoms with Crippen molar-refractivity contribution in [3.8, 4) is 17.0 Å². The third kappa shape index (κ3) is 4.80. The minimum atomic E-state index is -0.652. The monoisotopic (exact) mass is 479 g/mol. The number of ether oxygens (including phenoxy) is 1. The molecule has 0 radical (unpaired) electrons. The van der Waals surface area contributed by atoms with Crippen molar-refractivity contribution in [3.05, 3.63) is 46.8 Å². The molecule has 1 aliphatic rings. The number of anilines is 1. The highest BCUT2D eigenvalue weighted by molar-refractivity contribution is 6.03. The van der Waals surface area contributed by atoms with Crippen LogP contribution in [-0.2, 0) is 23.1 Å². The Kier molecular flexibility index (Phi) is 6.69. The van der Waals surface area contributed by atoms with Crippen molar-refractivity contribution in [2.24, 2.45) is 5.73 Å². The largest absolute Gasteiger partial charge is 0.496 e. The number of Topliss-reactive ketones (excluding diaryl/α,β-unsaturated/α-hetero) is 1. The number of methoxy groups -OCH3 is 1. The normalized spacial score (nSPS) is 15.0. The Morgan fingerprint density at radius 2 is 1.91 bits per heavy atom. The van der Waals surface area contributed by atoms with Gasteiger partial charge in [0.1, 0.15) is 34.4 Å². The van der Waals surface area contributed by atoms with Crippen LogP contribution in [0.2, 0.25) is 0 Å². The molecule has 2 heterocycles. The third-order valence-corrected chi connectivity index (χ3v) is 6.87. The first-order chi connectivity index (χ1) is 16.6. The van der Waals surface area contributed by atoms with Gasteiger partial charge in [0.25, 0.3) is 5.91 Å². The summed E-state index contributed by atoms with van der Waals surface area (Å²) in [6.45, 7) is 6.03. The molecule has 0 spiro atoms. The number of hydrogen-bond acceptors (Lipinski definition) is 7. The van der Waals surface area contributed by atoms with Crippen LogP contribution in [0, 0.1) is 0 Å². The summed E-state index contributed by atoms with van der Waals surface area (Å²) in [6, 6.07) is 7.21. The number of hydrogen-bond donors (Lipinski definition) is 2. The van der Waals surface area contributed by atoms with E-state index < -0.39 is 5.91 Å². The maximum Gasteiger partial charge on any atom is 0.254 e. The fourth-order valence-corrected chi connectivity index (χ4v) is 4.88. The van der Waals surface area contributed by atoms with E-state index in [0.29, 0.717) is 22.7 Å². The number of nitrogens with zero attached hydrogens (tertiary/aromatic N) is 3. The molecule has 1 saturated carbocycles. The van der Waals surface area contributed by atoms with Crippen molar-refractivity contribution < 1.29 is 18.8 Å². The Balaban J connectivity index is 1.54. The van der Waals surface area contributed by atoms with E-state index >= 15 is 0 Å². The highest BCUT2D eigenvalue weighted by atomic mass is 16.5. The van der Waals surface area contributed by atoms with Crippen molar-refractivity contribution in [1.82, 2.24) is 14.9 Å². The van der Waals surface area contributed by atoms with E-state index in [1.807, 2.05) is 19.9 Å². The third-order valence-electron chi connectivity index (χ3n) is 6.87. The minimum Gasteiger partial charge on any atom is -0.496 e. The van der Waals surface area contributed by atoms with Crippen molar-refractivity contribution in [1.29, 1.82) is 0 Å². The molecule has 0 atom stereocenters. The van der Waals surface area contributed by atoms with E-state index in [1.165, 1.54) is 20.0 Å². The van der Waals surface area contributed by atoms with Gasteiger partial charge in [-0.2, -0.15) is 5.10 Å². The lowest BCUT2D eigenvalue weighted by Crippen LogP contribution is -2.15. The summed E-state index contributed by atoms with van der Waals surface area (Å²) in [4.78, 5) is 24.9. The Hall–Kier alpha value is -3.62. The number of aromatic nitrogens is 3. The second kappa shape index (κ2) is 9.56. The molecule has 2 aromatic heterocycles. The number of ketones is 1. The van der Waals surface area contributed by atoms with E-state index in [9.17, 15) is 9.59 Å². The van der Waals surface area contributed by atoms with Gasteiger partial charge in [-0.15, -0.1) is 0 Å². The molecule has 1 fully saturated rings. The van der Waals surface area contributed by atoms with E-state index in [-0.39, 0.29) is 41.5 Å². The lowest BCUT2D eigenvalue weighted by Gasteiger charge is -2.18. The minimum absolute atomic E-state index is 0.00127. The molecule has 0 saturated heterocycles. The van der Waals surface area contributed by atoms with Gasteiger partial charge in [-0.1, -0.05) is 37.1 Å². The zero-order valence-electron chi connectivity index (χ0n) is 20.8. The Morgan fingerprint density at radius 3 is 2.54 bits per heavy atom. The number of nitrogen functional groups attached to an aromatic ring is 1. The van der Waals surface area contributed by atoms with Gasteiger partial charge in [0.2, 0.25) is 0 Å². The van der Waals surface area contributed by atoms with Gasteiger partial charge in [0, 0.05) is 35.1 Å². The van der Waals surface area contributed by atoms with Crippen LogP contribution in [0.25, 0.3) is 11.3 Å². The summed E-state index contributed by atoms with van der Waals surface area (Å²) in [7, 11) is 1.54. The fraction of sp³-hybridized carbons (Fsp3) is 0.462. The molecule has 4 N–H and O–H groups in total. The summed E-state index contributed by atoms with van der Waals surface area (Å²) < 4.78 is 12.7. The van der Waals surface area contributed by atoms with E-state index in [4.69, 9.17) is 20.7 Å². The van der Waals surface area contributed by atoms with E-state index in [2.05, 4.69) is 17.2 Å². The number of benzene rings is 1. The molecule has 0 bridgehead atoms. The second-order valence-corrected chi connectivity index (χ2v) is 9.88. The molecular formula is C26H33N5O4. The first-order valence-electron chi connectivity index (χ1n) is 12.0. The lowest BCUT2D eigenvalue weighted by atomic mass is 9.86. The number of primary amides is 1. The van der Waals surface area contributed by atoms with E-state index in [0.717, 1.165) is 24.2 Å². The molecule has 1 aromatic carbocycles. The van der Waals surface area contributed by atoms with Crippen LogP contribution in [0.15, 0.2) is 28.8 Å². The summed E-state index contributed by atoms with van der Waals surface area (Å²) in [5, 5.41) is 8.65. The number of amides is 1. The van der Waals surface area contributed by atoms with E-state index in [1.54, 1.807) is 22.9 Å². The van der Waals surface area contributed by atoms with Gasteiger partial charge in [-0.25, -0.2) is 4.68 Å². The summed E-state index contributed by atoms with van der Waals surface area (Å²) in [6.07, 6.45) is 4.90. The smallest absolute Gasteiger partial charge is 0.254 e. The average Bonchev–Trinajstić information content (AvgIpc) is 3.53. The molecular weight excluding hydrogens is 446 g/mol. The fourth-order valence-electron chi connectivity index (χ4n) is 4.88. The predicted octanol–water partition coefficient (Wildman–Crippen LogP) is 3.99. The van der Waals surface area contributed by atoms with Gasteiger partial charge < -0.3 is 20.7 Å². The molecule has 3 aromatic rings. The summed E-state index contributed by atoms with van der Waals surface area (Å²) in [5.41, 5.74) is 14.3. The number of rotatable bonds is 9. The van der Waals surface area contributed by atoms with Gasteiger partial charge in [0.05, 0.1) is 19.2 Å². The van der Waals surface area contributed by atoms with Crippen LogP contribution in [0.4, 0.5) is 5.82 Å². The maximum atomic E-state index is 12.9. The van der Waals surface area contributed by atoms with Crippen molar-refractivity contribution in [2.75, 3.05) is 12.8 Å². The highest BCUT2D eigenvalue weighted by Gasteiger charge is 2.34. The summed E-state index contributed by atoms with van der Waals surface area (Å²) in [5.74, 6) is 0.951. The molecule has 186 valence electrons. The van der Waals surface area contributed by atoms with Crippen molar-refractivity contribution in [3.63, 3.8) is 0 Å². The standard InChI is InChI=1S/C26H33N5O4/c1-15(2)31-24(27)22(25(28)33)23(29-31)17-8-7-16(20(12-17)34-4)11-19(32)13-18-14-21(35-30-18)26(3)9-5-6-10-26/h7-8,12,14-15H,5-6,9-11,13,27H2,1-4H3,(H2,28,33). The second-order valence-electron chi connectivity index (χ2n) is 9.88. The zero-order valence-corrected chi connectivity index (χ0v) is 20.8. The van der Waals surface area contributed by atoms with Crippen LogP contribution in [0.1, 0.15) is 79.9 Å². The van der Waals surface area contributed by atoms with Crippen LogP contribution in [0.5, 0.6) is 5.75 Å². The van der Waals surface area contributed by atoms with Crippen molar-refractivity contribution >= 4 is 17.5 Å². The average molecular weight is 480 g/mol. The maximum absolute atomic E-state index is 12.9. The zero-order chi connectivity index (χ0) is 25.3. The molecule has 0 aliphatic heterocycles. The lowest BCUT2D eigenvalue weighted by molar-refractivity contribution is -0.117.